The summed E-state index contributed by atoms with van der Waals surface area (Å²) in [6.07, 6.45) is 0.0690. The van der Waals surface area contributed by atoms with E-state index in [2.05, 4.69) is 4.74 Å². The van der Waals surface area contributed by atoms with Crippen molar-refractivity contribution in [2.24, 2.45) is 5.92 Å². The van der Waals surface area contributed by atoms with Crippen LogP contribution in [0, 0.1) is 5.92 Å². The molecule has 1 fully saturated rings. The molecule has 28 heavy (non-hydrogen) atoms. The molecule has 3 rings (SSSR count). The quantitative estimate of drug-likeness (QED) is 0.564. The molecule has 0 bridgehead atoms. The Kier molecular flexibility index (Phi) is 5.93. The lowest BCUT2D eigenvalue weighted by atomic mass is 10.1. The zero-order chi connectivity index (χ0) is 20.1. The Morgan fingerprint density at radius 3 is 2.50 bits per heavy atom. The highest BCUT2D eigenvalue weighted by molar-refractivity contribution is 6.00. The molecule has 1 aliphatic rings. The largest absolute Gasteiger partial charge is 0.492 e. The van der Waals surface area contributed by atoms with Crippen molar-refractivity contribution in [1.82, 2.24) is 0 Å². The van der Waals surface area contributed by atoms with Crippen molar-refractivity contribution >= 4 is 23.5 Å². The SMILES string of the molecule is CCOc1ccccc1N1CC(C(=O)Oc2ccc(C(=O)OC)cc2)CC1=O. The van der Waals surface area contributed by atoms with Gasteiger partial charge < -0.3 is 19.1 Å². The molecule has 0 N–H and O–H groups in total. The van der Waals surface area contributed by atoms with Crippen LogP contribution in [0.4, 0.5) is 5.69 Å². The number of anilines is 1. The van der Waals surface area contributed by atoms with Crippen molar-refractivity contribution in [1.29, 1.82) is 0 Å². The van der Waals surface area contributed by atoms with Crippen LogP contribution in [0.3, 0.4) is 0 Å². The van der Waals surface area contributed by atoms with Gasteiger partial charge in [-0.3, -0.25) is 9.59 Å². The van der Waals surface area contributed by atoms with E-state index in [1.165, 1.54) is 31.4 Å². The number of nitrogens with zero attached hydrogens (tertiary/aromatic N) is 1. The smallest absolute Gasteiger partial charge is 0.337 e. The van der Waals surface area contributed by atoms with E-state index < -0.39 is 17.9 Å². The topological polar surface area (TPSA) is 82.1 Å². The van der Waals surface area contributed by atoms with Crippen molar-refractivity contribution in [3.05, 3.63) is 54.1 Å². The molecule has 1 saturated heterocycles. The lowest BCUT2D eigenvalue weighted by molar-refractivity contribution is -0.139. The van der Waals surface area contributed by atoms with E-state index in [1.54, 1.807) is 17.0 Å². The molecule has 0 spiro atoms. The van der Waals surface area contributed by atoms with Gasteiger partial charge in [0.15, 0.2) is 0 Å². The van der Waals surface area contributed by atoms with Crippen LogP contribution < -0.4 is 14.4 Å². The number of rotatable bonds is 6. The molecule has 1 unspecified atom stereocenters. The molecule has 2 aromatic carbocycles. The minimum Gasteiger partial charge on any atom is -0.492 e. The third-order valence-electron chi connectivity index (χ3n) is 4.41. The van der Waals surface area contributed by atoms with E-state index in [0.29, 0.717) is 29.4 Å². The summed E-state index contributed by atoms with van der Waals surface area (Å²) in [4.78, 5) is 38.0. The normalized spacial score (nSPS) is 16.0. The fourth-order valence-corrected chi connectivity index (χ4v) is 3.03. The van der Waals surface area contributed by atoms with Gasteiger partial charge in [0.05, 0.1) is 30.9 Å². The molecule has 0 aliphatic carbocycles. The Morgan fingerprint density at radius 2 is 1.82 bits per heavy atom. The van der Waals surface area contributed by atoms with Gasteiger partial charge in [0.25, 0.3) is 0 Å². The molecular weight excluding hydrogens is 362 g/mol. The maximum absolute atomic E-state index is 12.5. The Morgan fingerprint density at radius 1 is 1.11 bits per heavy atom. The van der Waals surface area contributed by atoms with Crippen molar-refractivity contribution in [3.8, 4) is 11.5 Å². The minimum absolute atomic E-state index is 0.0690. The molecule has 0 aromatic heterocycles. The molecule has 1 aliphatic heterocycles. The summed E-state index contributed by atoms with van der Waals surface area (Å²) in [7, 11) is 1.29. The summed E-state index contributed by atoms with van der Waals surface area (Å²) in [5, 5.41) is 0. The highest BCUT2D eigenvalue weighted by Crippen LogP contribution is 2.33. The minimum atomic E-state index is -0.581. The first-order valence-electron chi connectivity index (χ1n) is 8.95. The zero-order valence-electron chi connectivity index (χ0n) is 15.7. The molecule has 1 heterocycles. The summed E-state index contributed by atoms with van der Waals surface area (Å²) in [5.74, 6) is -0.792. The second kappa shape index (κ2) is 8.56. The van der Waals surface area contributed by atoms with Crippen LogP contribution in [0.1, 0.15) is 23.7 Å². The van der Waals surface area contributed by atoms with Crippen LogP contribution in [0.15, 0.2) is 48.5 Å². The fourth-order valence-electron chi connectivity index (χ4n) is 3.03. The van der Waals surface area contributed by atoms with Crippen LogP contribution in [0.2, 0.25) is 0 Å². The maximum atomic E-state index is 12.5. The van der Waals surface area contributed by atoms with Crippen molar-refractivity contribution in [3.63, 3.8) is 0 Å². The Balaban J connectivity index is 1.68. The van der Waals surface area contributed by atoms with Crippen LogP contribution in [0.5, 0.6) is 11.5 Å². The lowest BCUT2D eigenvalue weighted by Crippen LogP contribution is -2.27. The second-order valence-electron chi connectivity index (χ2n) is 6.24. The number of amides is 1. The predicted molar refractivity (Wildman–Crippen MR) is 101 cm³/mol. The summed E-state index contributed by atoms with van der Waals surface area (Å²) in [6.45, 7) is 2.57. The van der Waals surface area contributed by atoms with Crippen LogP contribution in [0.25, 0.3) is 0 Å². The third kappa shape index (κ3) is 4.14. The average Bonchev–Trinajstić information content (AvgIpc) is 3.10. The number of ether oxygens (including phenoxy) is 3. The molecule has 146 valence electrons. The highest BCUT2D eigenvalue weighted by atomic mass is 16.5. The number of hydrogen-bond donors (Lipinski definition) is 0. The first-order chi connectivity index (χ1) is 13.5. The number of carbonyl (C=O) groups is 3. The van der Waals surface area contributed by atoms with Gasteiger partial charge >= 0.3 is 11.9 Å². The second-order valence-corrected chi connectivity index (χ2v) is 6.24. The van der Waals surface area contributed by atoms with Gasteiger partial charge in [-0.15, -0.1) is 0 Å². The molecule has 1 amide bonds. The first kappa shape index (κ1) is 19.4. The van der Waals surface area contributed by atoms with E-state index in [9.17, 15) is 14.4 Å². The van der Waals surface area contributed by atoms with E-state index in [1.807, 2.05) is 19.1 Å². The number of benzene rings is 2. The van der Waals surface area contributed by atoms with Crippen LogP contribution in [-0.2, 0) is 14.3 Å². The van der Waals surface area contributed by atoms with Gasteiger partial charge in [-0.05, 0) is 43.3 Å². The first-order valence-corrected chi connectivity index (χ1v) is 8.95. The van der Waals surface area contributed by atoms with Crippen LogP contribution in [-0.4, -0.2) is 38.1 Å². The molecular formula is C21H21NO6. The van der Waals surface area contributed by atoms with E-state index in [0.717, 1.165) is 0 Å². The van der Waals surface area contributed by atoms with E-state index in [-0.39, 0.29) is 18.9 Å². The standard InChI is InChI=1S/C21H21NO6/c1-3-27-18-7-5-4-6-17(18)22-13-15(12-19(22)23)21(25)28-16-10-8-14(9-11-16)20(24)26-2/h4-11,15H,3,12-13H2,1-2H3. The maximum Gasteiger partial charge on any atom is 0.337 e. The van der Waals surface area contributed by atoms with Gasteiger partial charge in [-0.1, -0.05) is 12.1 Å². The van der Waals surface area contributed by atoms with Crippen molar-refractivity contribution in [2.45, 2.75) is 13.3 Å². The molecule has 7 heteroatoms. The predicted octanol–water partition coefficient (Wildman–Crippen LogP) is 2.83. The van der Waals surface area contributed by atoms with Gasteiger partial charge in [-0.25, -0.2) is 4.79 Å². The Labute approximate surface area is 162 Å². The fraction of sp³-hybridized carbons (Fsp3) is 0.286. The van der Waals surface area contributed by atoms with Crippen molar-refractivity contribution < 1.29 is 28.6 Å². The lowest BCUT2D eigenvalue weighted by Gasteiger charge is -2.19. The number of esters is 2. The summed E-state index contributed by atoms with van der Waals surface area (Å²) in [6, 6.07) is 13.3. The Bertz CT molecular complexity index is 877. The zero-order valence-corrected chi connectivity index (χ0v) is 15.7. The number of methoxy groups -OCH3 is 1. The molecule has 0 radical (unpaired) electrons. The highest BCUT2D eigenvalue weighted by Gasteiger charge is 2.37. The van der Waals surface area contributed by atoms with E-state index >= 15 is 0 Å². The van der Waals surface area contributed by atoms with Gasteiger partial charge in [0.1, 0.15) is 11.5 Å². The molecule has 7 nitrogen and oxygen atoms in total. The monoisotopic (exact) mass is 383 g/mol. The Hall–Kier alpha value is -3.35. The van der Waals surface area contributed by atoms with Gasteiger partial charge in [-0.2, -0.15) is 0 Å². The average molecular weight is 383 g/mol. The number of carbonyl (C=O) groups excluding carboxylic acids is 3. The molecule has 2 aromatic rings. The third-order valence-corrected chi connectivity index (χ3v) is 4.41. The van der Waals surface area contributed by atoms with E-state index in [4.69, 9.17) is 9.47 Å². The van der Waals surface area contributed by atoms with Crippen molar-refractivity contribution in [2.75, 3.05) is 25.2 Å². The van der Waals surface area contributed by atoms with Gasteiger partial charge in [0.2, 0.25) is 5.91 Å². The van der Waals surface area contributed by atoms with Gasteiger partial charge in [0, 0.05) is 13.0 Å². The summed E-state index contributed by atoms with van der Waals surface area (Å²) in [5.41, 5.74) is 1.00. The molecule has 0 saturated carbocycles. The summed E-state index contributed by atoms with van der Waals surface area (Å²) < 4.78 is 15.6. The number of para-hydroxylation sites is 2. The summed E-state index contributed by atoms with van der Waals surface area (Å²) >= 11 is 0. The van der Waals surface area contributed by atoms with Crippen LogP contribution >= 0.6 is 0 Å². The molecule has 1 atom stereocenters. The number of hydrogen-bond acceptors (Lipinski definition) is 6.